The molecule has 2 nitrogen and oxygen atoms in total. The number of rotatable bonds is 3. The van der Waals surface area contributed by atoms with E-state index >= 15 is 0 Å². The summed E-state index contributed by atoms with van der Waals surface area (Å²) >= 11 is -0.228. The zero-order valence-corrected chi connectivity index (χ0v) is 12.1. The Morgan fingerprint density at radius 1 is 1.14 bits per heavy atom. The van der Waals surface area contributed by atoms with E-state index in [1.54, 1.807) is 13.0 Å². The Kier molecular flexibility index (Phi) is 4.62. The first-order valence-electron chi connectivity index (χ1n) is 6.03. The van der Waals surface area contributed by atoms with Crippen molar-refractivity contribution in [3.63, 3.8) is 0 Å². The molecule has 0 aliphatic rings. The number of benzene rings is 2. The van der Waals surface area contributed by atoms with Crippen LogP contribution in [0, 0.1) is 24.1 Å². The van der Waals surface area contributed by atoms with Gasteiger partial charge < -0.3 is 4.74 Å². The number of halogens is 4. The van der Waals surface area contributed by atoms with E-state index in [1.165, 1.54) is 30.3 Å². The molecule has 0 aliphatic carbocycles. The molecule has 0 saturated heterocycles. The van der Waals surface area contributed by atoms with Crippen molar-refractivity contribution in [3.8, 4) is 17.6 Å². The molecule has 22 heavy (non-hydrogen) atoms. The van der Waals surface area contributed by atoms with E-state index in [1.807, 2.05) is 0 Å². The molecule has 114 valence electrons. The van der Waals surface area contributed by atoms with Gasteiger partial charge in [0, 0.05) is 4.90 Å². The summed E-state index contributed by atoms with van der Waals surface area (Å²) in [4.78, 5) is 0.0251. The van der Waals surface area contributed by atoms with E-state index in [9.17, 15) is 17.6 Å². The molecule has 0 atom stereocenters. The lowest BCUT2D eigenvalue weighted by Gasteiger charge is -2.12. The highest BCUT2D eigenvalue weighted by Crippen LogP contribution is 2.39. The average Bonchev–Trinajstić information content (AvgIpc) is 2.40. The summed E-state index contributed by atoms with van der Waals surface area (Å²) in [5, 5.41) is 8.92. The van der Waals surface area contributed by atoms with Crippen LogP contribution in [-0.4, -0.2) is 5.51 Å². The number of hydrogen-bond acceptors (Lipinski definition) is 3. The van der Waals surface area contributed by atoms with Gasteiger partial charge >= 0.3 is 5.51 Å². The van der Waals surface area contributed by atoms with Crippen molar-refractivity contribution in [2.45, 2.75) is 17.3 Å². The zero-order chi connectivity index (χ0) is 16.3. The van der Waals surface area contributed by atoms with Gasteiger partial charge in [-0.15, -0.1) is 0 Å². The van der Waals surface area contributed by atoms with E-state index in [2.05, 4.69) is 0 Å². The van der Waals surface area contributed by atoms with Gasteiger partial charge in [-0.3, -0.25) is 0 Å². The molecular formula is C15H9F4NOS. The van der Waals surface area contributed by atoms with Crippen molar-refractivity contribution in [3.05, 3.63) is 53.3 Å². The Hall–Kier alpha value is -2.20. The molecule has 2 aromatic carbocycles. The van der Waals surface area contributed by atoms with Gasteiger partial charge in [-0.25, -0.2) is 4.39 Å². The van der Waals surface area contributed by atoms with Gasteiger partial charge in [-0.05, 0) is 54.6 Å². The molecule has 0 fully saturated rings. The number of nitriles is 1. The van der Waals surface area contributed by atoms with Gasteiger partial charge in [0.05, 0.1) is 0 Å². The van der Waals surface area contributed by atoms with E-state index < -0.39 is 11.3 Å². The topological polar surface area (TPSA) is 33.0 Å². The minimum absolute atomic E-state index is 0.0156. The molecule has 0 aliphatic heterocycles. The minimum atomic E-state index is -4.37. The summed E-state index contributed by atoms with van der Waals surface area (Å²) in [6, 6.07) is 9.55. The van der Waals surface area contributed by atoms with Crippen LogP contribution < -0.4 is 4.74 Å². The second-order valence-electron chi connectivity index (χ2n) is 4.30. The van der Waals surface area contributed by atoms with Crippen LogP contribution in [0.5, 0.6) is 11.5 Å². The molecule has 0 heterocycles. The van der Waals surface area contributed by atoms with Crippen LogP contribution in [0.4, 0.5) is 17.6 Å². The number of ether oxygens (including phenoxy) is 1. The van der Waals surface area contributed by atoms with Crippen molar-refractivity contribution in [1.82, 2.24) is 0 Å². The van der Waals surface area contributed by atoms with Gasteiger partial charge in [-0.2, -0.15) is 18.4 Å². The third-order valence-corrected chi connectivity index (χ3v) is 3.41. The maximum absolute atomic E-state index is 13.5. The molecular weight excluding hydrogens is 318 g/mol. The van der Waals surface area contributed by atoms with Gasteiger partial charge in [0.25, 0.3) is 0 Å². The third kappa shape index (κ3) is 3.92. The number of thioether (sulfide) groups is 1. The van der Waals surface area contributed by atoms with Gasteiger partial charge in [0.1, 0.15) is 28.9 Å². The number of hydrogen-bond donors (Lipinski definition) is 0. The van der Waals surface area contributed by atoms with Crippen molar-refractivity contribution in [1.29, 1.82) is 5.26 Å². The molecule has 0 bridgehead atoms. The summed E-state index contributed by atoms with van der Waals surface area (Å²) < 4.78 is 55.9. The van der Waals surface area contributed by atoms with E-state index in [0.29, 0.717) is 5.56 Å². The Balaban J connectivity index is 2.29. The number of aryl methyl sites for hydroxylation is 1. The van der Waals surface area contributed by atoms with Crippen LogP contribution in [-0.2, 0) is 0 Å². The first kappa shape index (κ1) is 16.2. The van der Waals surface area contributed by atoms with Crippen LogP contribution in [0.25, 0.3) is 0 Å². The largest absolute Gasteiger partial charge is 0.456 e. The summed E-state index contributed by atoms with van der Waals surface area (Å²) in [7, 11) is 0. The highest BCUT2D eigenvalue weighted by Gasteiger charge is 2.29. The van der Waals surface area contributed by atoms with Crippen LogP contribution in [0.1, 0.15) is 11.1 Å². The summed E-state index contributed by atoms with van der Waals surface area (Å²) in [6.45, 7) is 1.57. The molecule has 0 unspecified atom stereocenters. The van der Waals surface area contributed by atoms with Gasteiger partial charge in [0.15, 0.2) is 0 Å². The van der Waals surface area contributed by atoms with Crippen LogP contribution in [0.15, 0.2) is 41.3 Å². The SMILES string of the molecule is Cc1cc(SC(F)(F)F)ccc1Oc1cccc(F)c1C#N. The van der Waals surface area contributed by atoms with Gasteiger partial charge in [0.2, 0.25) is 0 Å². The lowest BCUT2D eigenvalue weighted by Crippen LogP contribution is -1.99. The third-order valence-electron chi connectivity index (χ3n) is 2.69. The molecule has 0 radical (unpaired) electrons. The number of alkyl halides is 3. The Morgan fingerprint density at radius 3 is 2.45 bits per heavy atom. The monoisotopic (exact) mass is 327 g/mol. The second kappa shape index (κ2) is 6.28. The summed E-state index contributed by atoms with van der Waals surface area (Å²) in [5.74, 6) is -0.447. The van der Waals surface area contributed by atoms with Crippen LogP contribution in [0.3, 0.4) is 0 Å². The standard InChI is InChI=1S/C15H9F4NOS/c1-9-7-10(22-15(17,18)19)5-6-13(9)21-14-4-2-3-12(16)11(14)8-20/h2-7H,1H3. The summed E-state index contributed by atoms with van der Waals surface area (Å²) in [6.07, 6.45) is 0. The van der Waals surface area contributed by atoms with Crippen LogP contribution in [0.2, 0.25) is 0 Å². The van der Waals surface area contributed by atoms with Gasteiger partial charge in [-0.1, -0.05) is 6.07 Å². The lowest BCUT2D eigenvalue weighted by atomic mass is 10.2. The number of nitrogens with zero attached hydrogens (tertiary/aromatic N) is 1. The fourth-order valence-corrected chi connectivity index (χ4v) is 2.39. The molecule has 0 N–H and O–H groups in total. The fourth-order valence-electron chi connectivity index (χ4n) is 1.75. The molecule has 0 aromatic heterocycles. The quantitative estimate of drug-likeness (QED) is 0.558. The van der Waals surface area contributed by atoms with Crippen molar-refractivity contribution in [2.75, 3.05) is 0 Å². The fraction of sp³-hybridized carbons (Fsp3) is 0.133. The van der Waals surface area contributed by atoms with E-state index in [0.717, 1.165) is 6.07 Å². The van der Waals surface area contributed by atoms with Crippen LogP contribution >= 0.6 is 11.8 Å². The highest BCUT2D eigenvalue weighted by molar-refractivity contribution is 8.00. The lowest BCUT2D eigenvalue weighted by molar-refractivity contribution is -0.0328. The Bertz CT molecular complexity index is 737. The van der Waals surface area contributed by atoms with E-state index in [-0.39, 0.29) is 33.7 Å². The Morgan fingerprint density at radius 2 is 1.86 bits per heavy atom. The average molecular weight is 327 g/mol. The van der Waals surface area contributed by atoms with E-state index in [4.69, 9.17) is 10.00 Å². The minimum Gasteiger partial charge on any atom is -0.456 e. The molecule has 0 spiro atoms. The first-order valence-corrected chi connectivity index (χ1v) is 6.84. The first-order chi connectivity index (χ1) is 10.3. The maximum atomic E-state index is 13.5. The molecule has 0 amide bonds. The smallest absolute Gasteiger partial charge is 0.446 e. The molecule has 7 heteroatoms. The van der Waals surface area contributed by atoms with Crippen molar-refractivity contribution < 1.29 is 22.3 Å². The maximum Gasteiger partial charge on any atom is 0.446 e. The van der Waals surface area contributed by atoms with Crippen molar-refractivity contribution in [2.24, 2.45) is 0 Å². The normalized spacial score (nSPS) is 11.1. The summed E-state index contributed by atoms with van der Waals surface area (Å²) in [5.41, 5.74) is -4.18. The Labute approximate surface area is 128 Å². The zero-order valence-electron chi connectivity index (χ0n) is 11.2. The predicted molar refractivity (Wildman–Crippen MR) is 74.3 cm³/mol. The predicted octanol–water partition coefficient (Wildman–Crippen LogP) is 5.41. The van der Waals surface area contributed by atoms with Crippen molar-refractivity contribution >= 4 is 11.8 Å². The second-order valence-corrected chi connectivity index (χ2v) is 5.44. The molecule has 0 saturated carbocycles. The highest BCUT2D eigenvalue weighted by atomic mass is 32.2. The molecule has 2 aromatic rings. The molecule has 2 rings (SSSR count).